The highest BCUT2D eigenvalue weighted by atomic mass is 31.2. The quantitative estimate of drug-likeness (QED) is 0.159. The van der Waals surface area contributed by atoms with E-state index in [1.807, 2.05) is 48.5 Å². The zero-order chi connectivity index (χ0) is 37.9. The molecule has 3 heterocycles. The fourth-order valence-corrected chi connectivity index (χ4v) is 12.0. The average molecular weight is 747 g/mol. The van der Waals surface area contributed by atoms with E-state index < -0.39 is 7.14 Å². The fourth-order valence-electron chi connectivity index (χ4n) is 8.72. The van der Waals surface area contributed by atoms with Gasteiger partial charge in [0.05, 0.1) is 27.7 Å². The van der Waals surface area contributed by atoms with Crippen LogP contribution in [0.15, 0.2) is 212 Å². The third-order valence-electron chi connectivity index (χ3n) is 11.4. The van der Waals surface area contributed by atoms with Gasteiger partial charge in [-0.2, -0.15) is 0 Å². The molecule has 8 aromatic carbocycles. The Hall–Kier alpha value is -7.06. The van der Waals surface area contributed by atoms with E-state index >= 15 is 4.57 Å². The maximum atomic E-state index is 15.9. The average Bonchev–Trinajstić information content (AvgIpc) is 3.77. The van der Waals surface area contributed by atoms with Crippen LogP contribution in [0.3, 0.4) is 0 Å². The Labute approximate surface area is 331 Å². The van der Waals surface area contributed by atoms with Crippen molar-refractivity contribution in [1.29, 1.82) is 0 Å². The third kappa shape index (κ3) is 5.35. The molecule has 0 saturated heterocycles. The number of nitrogens with zero attached hydrogens (tertiary/aromatic N) is 2. The van der Waals surface area contributed by atoms with Gasteiger partial charge in [-0.1, -0.05) is 182 Å². The van der Waals surface area contributed by atoms with E-state index in [9.17, 15) is 0 Å². The zero-order valence-corrected chi connectivity index (χ0v) is 31.9. The summed E-state index contributed by atoms with van der Waals surface area (Å²) in [6, 6.07) is 73.9. The number of fused-ring (bicyclic) bond motifs is 7. The van der Waals surface area contributed by atoms with Gasteiger partial charge in [0.1, 0.15) is 0 Å². The van der Waals surface area contributed by atoms with E-state index in [0.717, 1.165) is 88.2 Å². The Morgan fingerprint density at radius 3 is 1.65 bits per heavy atom. The summed E-state index contributed by atoms with van der Waals surface area (Å²) in [6.45, 7) is 0. The van der Waals surface area contributed by atoms with Gasteiger partial charge in [-0.15, -0.1) is 0 Å². The molecule has 1 aliphatic rings. The van der Waals surface area contributed by atoms with Crippen LogP contribution in [0.25, 0.3) is 83.4 Å². The van der Waals surface area contributed by atoms with Crippen molar-refractivity contribution in [2.75, 3.05) is 0 Å². The molecule has 1 unspecified atom stereocenters. The van der Waals surface area contributed by atoms with E-state index in [4.69, 9.17) is 4.98 Å². The second-order valence-electron chi connectivity index (χ2n) is 14.7. The smallest absolute Gasteiger partial charge is 0.174 e. The molecule has 10 aromatic rings. The third-order valence-corrected chi connectivity index (χ3v) is 14.6. The van der Waals surface area contributed by atoms with E-state index in [1.165, 1.54) is 11.1 Å². The summed E-state index contributed by atoms with van der Waals surface area (Å²) in [5, 5.41) is 4.91. The second kappa shape index (κ2) is 13.3. The first-order valence-corrected chi connectivity index (χ1v) is 21.0. The highest BCUT2D eigenvalue weighted by molar-refractivity contribution is 7.86. The van der Waals surface area contributed by atoms with E-state index in [-0.39, 0.29) is 0 Å². The zero-order valence-electron chi connectivity index (χ0n) is 31.0. The first-order valence-electron chi connectivity index (χ1n) is 19.3. The number of hydrogen-bond acceptors (Lipinski definition) is 2. The maximum Gasteiger partial charge on any atom is 0.174 e. The van der Waals surface area contributed by atoms with Crippen LogP contribution in [0, 0.1) is 0 Å². The Bertz CT molecular complexity index is 3170. The van der Waals surface area contributed by atoms with Crippen LogP contribution in [0.4, 0.5) is 0 Å². The number of pyridine rings is 1. The Kier molecular flexibility index (Phi) is 7.77. The van der Waals surface area contributed by atoms with Gasteiger partial charge in [0, 0.05) is 38.2 Å². The molecule has 11 rings (SSSR count). The molecule has 0 amide bonds. The lowest BCUT2D eigenvalue weighted by atomic mass is 9.98. The lowest BCUT2D eigenvalue weighted by Gasteiger charge is -2.19. The van der Waals surface area contributed by atoms with Gasteiger partial charge in [0.25, 0.3) is 0 Å². The van der Waals surface area contributed by atoms with Gasteiger partial charge in [-0.25, -0.2) is 4.98 Å². The van der Waals surface area contributed by atoms with Gasteiger partial charge in [0.2, 0.25) is 0 Å². The molecule has 0 bridgehead atoms. The van der Waals surface area contributed by atoms with Gasteiger partial charge >= 0.3 is 0 Å². The van der Waals surface area contributed by atoms with Crippen LogP contribution in [0.2, 0.25) is 0 Å². The minimum absolute atomic E-state index is 0.855. The van der Waals surface area contributed by atoms with E-state index in [0.29, 0.717) is 0 Å². The SMILES string of the molecule is O=P1(c2ccccc2)c2ccccc2-c2ccc3c4ccccc4n(-c4ccc(-c5cc(-c6ccccc6)nc(-c6ccc(-c7ccccc7)cc6)c5)cc4)c3c21. The second-order valence-corrected chi connectivity index (χ2v) is 17.3. The summed E-state index contributed by atoms with van der Waals surface area (Å²) >= 11 is 0. The molecule has 0 radical (unpaired) electrons. The van der Waals surface area contributed by atoms with Crippen LogP contribution in [0.1, 0.15) is 0 Å². The number of benzene rings is 8. The minimum Gasteiger partial charge on any atom is -0.309 e. The number of hydrogen-bond donors (Lipinski definition) is 0. The Morgan fingerprint density at radius 1 is 0.404 bits per heavy atom. The fraction of sp³-hybridized carbons (Fsp3) is 0. The summed E-state index contributed by atoms with van der Waals surface area (Å²) in [5.41, 5.74) is 13.7. The molecule has 268 valence electrons. The summed E-state index contributed by atoms with van der Waals surface area (Å²) in [5.74, 6) is 0. The molecule has 0 saturated carbocycles. The van der Waals surface area contributed by atoms with Crippen molar-refractivity contribution in [2.45, 2.75) is 0 Å². The highest BCUT2D eigenvalue weighted by Gasteiger charge is 2.42. The van der Waals surface area contributed by atoms with Crippen LogP contribution in [0.5, 0.6) is 0 Å². The predicted octanol–water partition coefficient (Wildman–Crippen LogP) is 12.5. The van der Waals surface area contributed by atoms with Crippen LogP contribution >= 0.6 is 7.14 Å². The van der Waals surface area contributed by atoms with Gasteiger partial charge < -0.3 is 9.13 Å². The molecular formula is C53H35N2OP. The largest absolute Gasteiger partial charge is 0.309 e. The first-order chi connectivity index (χ1) is 28.1. The van der Waals surface area contributed by atoms with Crippen molar-refractivity contribution < 1.29 is 4.57 Å². The van der Waals surface area contributed by atoms with Crippen molar-refractivity contribution in [1.82, 2.24) is 9.55 Å². The number of aromatic nitrogens is 2. The topological polar surface area (TPSA) is 34.9 Å². The molecule has 0 fully saturated rings. The predicted molar refractivity (Wildman–Crippen MR) is 239 cm³/mol. The first kappa shape index (κ1) is 33.3. The van der Waals surface area contributed by atoms with Crippen molar-refractivity contribution in [2.24, 2.45) is 0 Å². The summed E-state index contributed by atoms with van der Waals surface area (Å²) < 4.78 is 18.3. The molecule has 3 nitrogen and oxygen atoms in total. The van der Waals surface area contributed by atoms with Crippen molar-refractivity contribution >= 4 is 44.9 Å². The highest BCUT2D eigenvalue weighted by Crippen LogP contribution is 2.55. The monoisotopic (exact) mass is 746 g/mol. The van der Waals surface area contributed by atoms with E-state index in [1.54, 1.807) is 0 Å². The van der Waals surface area contributed by atoms with Gasteiger partial charge in [-0.05, 0) is 63.7 Å². The molecule has 1 atom stereocenters. The van der Waals surface area contributed by atoms with Gasteiger partial charge in [0.15, 0.2) is 7.14 Å². The molecular weight excluding hydrogens is 712 g/mol. The summed E-state index contributed by atoms with van der Waals surface area (Å²) in [4.78, 5) is 5.19. The summed E-state index contributed by atoms with van der Waals surface area (Å²) in [7, 11) is -3.23. The van der Waals surface area contributed by atoms with Crippen molar-refractivity contribution in [3.8, 4) is 61.6 Å². The number of rotatable bonds is 6. The molecule has 4 heteroatoms. The normalized spacial score (nSPS) is 14.5. The molecule has 0 spiro atoms. The summed E-state index contributed by atoms with van der Waals surface area (Å²) in [6.07, 6.45) is 0. The lowest BCUT2D eigenvalue weighted by Crippen LogP contribution is -2.22. The Balaban J connectivity index is 1.08. The molecule has 2 aromatic heterocycles. The molecule has 0 aliphatic carbocycles. The van der Waals surface area contributed by atoms with Crippen LogP contribution < -0.4 is 15.9 Å². The molecule has 57 heavy (non-hydrogen) atoms. The van der Waals surface area contributed by atoms with Crippen LogP contribution in [-0.2, 0) is 4.57 Å². The van der Waals surface area contributed by atoms with Crippen molar-refractivity contribution in [3.63, 3.8) is 0 Å². The van der Waals surface area contributed by atoms with E-state index in [2.05, 4.69) is 168 Å². The van der Waals surface area contributed by atoms with Gasteiger partial charge in [-0.3, -0.25) is 0 Å². The van der Waals surface area contributed by atoms with Crippen molar-refractivity contribution in [3.05, 3.63) is 212 Å². The maximum absolute atomic E-state index is 15.9. The van der Waals surface area contributed by atoms with Crippen LogP contribution in [-0.4, -0.2) is 9.55 Å². The minimum atomic E-state index is -3.23. The lowest BCUT2D eigenvalue weighted by molar-refractivity contribution is 0.593. The number of para-hydroxylation sites is 1. The standard InChI is InChI=1S/C53H35N2OP/c56-57(43-18-8-3-9-19-43)51-23-13-11-21-45(51)47-33-32-46-44-20-10-12-22-50(44)55(52(46)53(47)57)42-30-28-38(29-31-42)41-34-48(39-16-6-2-7-17-39)54-49(35-41)40-26-24-37(25-27-40)36-14-4-1-5-15-36/h1-35H. The molecule has 0 N–H and O–H groups in total. The molecule has 1 aliphatic heterocycles. The Morgan fingerprint density at radius 2 is 0.930 bits per heavy atom.